The van der Waals surface area contributed by atoms with Crippen LogP contribution < -0.4 is 11.6 Å². The third kappa shape index (κ3) is 6.65. The van der Waals surface area contributed by atoms with Gasteiger partial charge in [-0.3, -0.25) is 4.79 Å². The fourth-order valence-corrected chi connectivity index (χ4v) is 2.37. The summed E-state index contributed by atoms with van der Waals surface area (Å²) in [5.74, 6) is 3.38. The minimum absolute atomic E-state index is 0.155. The number of nitrogens with zero attached hydrogens (tertiary/aromatic N) is 2. The maximum absolute atomic E-state index is 12.1. The summed E-state index contributed by atoms with van der Waals surface area (Å²) in [6, 6.07) is 15.3. The van der Waals surface area contributed by atoms with Crippen LogP contribution in [0.1, 0.15) is 20.8 Å². The number of imidazole rings is 1. The summed E-state index contributed by atoms with van der Waals surface area (Å²) < 4.78 is 24.3. The van der Waals surface area contributed by atoms with E-state index in [0.717, 1.165) is 35.1 Å². The van der Waals surface area contributed by atoms with Crippen LogP contribution in [0.2, 0.25) is 0 Å². The second kappa shape index (κ2) is 11.0. The average molecular weight is 436 g/mol. The van der Waals surface area contributed by atoms with E-state index in [1.165, 1.54) is 0 Å². The predicted molar refractivity (Wildman–Crippen MR) is 116 cm³/mol. The highest BCUT2D eigenvalue weighted by atomic mass is 32.2. The van der Waals surface area contributed by atoms with Crippen molar-refractivity contribution in [3.63, 3.8) is 0 Å². The molecule has 0 aliphatic rings. The first-order valence-electron chi connectivity index (χ1n) is 8.80. The van der Waals surface area contributed by atoms with Gasteiger partial charge in [-0.2, -0.15) is 18.6 Å². The number of nitrogens with one attached hydrogen (secondary N) is 1. The number of rotatable bonds is 1. The molecule has 10 nitrogen and oxygen atoms in total. The van der Waals surface area contributed by atoms with E-state index >= 15 is 0 Å². The minimum atomic E-state index is -3.38. The number of carboxylic acids is 1. The maximum Gasteiger partial charge on any atom is 0.332 e. The van der Waals surface area contributed by atoms with E-state index in [2.05, 4.69) is 20.1 Å². The molecule has 4 aromatic rings. The number of nitrogens with two attached hydrogens (primary N) is 1. The standard InChI is InChI=1S/C14H9N3O.C2H4O2.C2H6.CH5NO3S/c18-14-16-10-6-2-1-5-9(10)13-15-11-7-3-4-8-12(11)17(13)14;1-2(3)4;1-2;1-6(3,4)5-2/h1-8H,(H,16,18);1H3,(H,3,4);1-2H3;2H2,1H3. The zero-order chi connectivity index (χ0) is 22.9. The monoisotopic (exact) mass is 436 g/mol. The van der Waals surface area contributed by atoms with E-state index in [4.69, 9.17) is 9.90 Å². The lowest BCUT2D eigenvalue weighted by atomic mass is 10.2. The summed E-state index contributed by atoms with van der Waals surface area (Å²) >= 11 is 0. The fourth-order valence-electron chi connectivity index (χ4n) is 2.37. The average Bonchev–Trinajstić information content (AvgIpc) is 3.10. The van der Waals surface area contributed by atoms with Crippen LogP contribution in [-0.4, -0.2) is 40.1 Å². The van der Waals surface area contributed by atoms with Crippen molar-refractivity contribution in [2.45, 2.75) is 20.8 Å². The number of para-hydroxylation sites is 3. The Morgan fingerprint density at radius 2 is 1.63 bits per heavy atom. The van der Waals surface area contributed by atoms with Crippen LogP contribution in [0.3, 0.4) is 0 Å². The van der Waals surface area contributed by atoms with Crippen molar-refractivity contribution in [2.24, 2.45) is 5.90 Å². The molecule has 0 radical (unpaired) electrons. The fraction of sp³-hybridized carbons (Fsp3) is 0.211. The number of fused-ring (bicyclic) bond motifs is 5. The molecule has 0 fully saturated rings. The number of aromatic amines is 1. The molecule has 2 heterocycles. The van der Waals surface area contributed by atoms with E-state index in [1.807, 2.05) is 62.4 Å². The maximum atomic E-state index is 12.1. The van der Waals surface area contributed by atoms with E-state index in [9.17, 15) is 13.2 Å². The molecule has 0 spiro atoms. The summed E-state index contributed by atoms with van der Waals surface area (Å²) in [6.07, 6.45) is 0.868. The zero-order valence-electron chi connectivity index (χ0n) is 17.0. The van der Waals surface area contributed by atoms with Crippen molar-refractivity contribution >= 4 is 43.7 Å². The molecule has 2 aromatic heterocycles. The molecule has 11 heteroatoms. The van der Waals surface area contributed by atoms with Gasteiger partial charge in [0.1, 0.15) is 0 Å². The second-order valence-corrected chi connectivity index (χ2v) is 7.16. The SMILES string of the molecule is CC.CC(=O)O.CS(=O)(=O)ON.O=c1[nH]c2ccccc2c2nc3ccccc3n12. The van der Waals surface area contributed by atoms with Crippen LogP contribution in [0.15, 0.2) is 53.3 Å². The first-order chi connectivity index (χ1) is 14.1. The van der Waals surface area contributed by atoms with Gasteiger partial charge in [0.15, 0.2) is 5.65 Å². The summed E-state index contributed by atoms with van der Waals surface area (Å²) in [4.78, 5) is 28.6. The number of benzene rings is 2. The van der Waals surface area contributed by atoms with Gasteiger partial charge in [0, 0.05) is 12.3 Å². The van der Waals surface area contributed by atoms with E-state index in [0.29, 0.717) is 5.65 Å². The van der Waals surface area contributed by atoms with Gasteiger partial charge >= 0.3 is 5.69 Å². The molecule has 4 N–H and O–H groups in total. The Bertz CT molecular complexity index is 1290. The molecule has 4 rings (SSSR count). The quantitative estimate of drug-likeness (QED) is 0.384. The van der Waals surface area contributed by atoms with Crippen molar-refractivity contribution in [2.75, 3.05) is 6.26 Å². The van der Waals surface area contributed by atoms with Gasteiger partial charge < -0.3 is 10.1 Å². The van der Waals surface area contributed by atoms with Gasteiger partial charge in [-0.25, -0.2) is 14.2 Å². The molecular formula is C19H24N4O6S. The molecule has 0 bridgehead atoms. The van der Waals surface area contributed by atoms with Gasteiger partial charge in [-0.05, 0) is 24.3 Å². The molecule has 0 aliphatic heterocycles. The summed E-state index contributed by atoms with van der Waals surface area (Å²) in [5, 5.41) is 8.37. The van der Waals surface area contributed by atoms with Crippen LogP contribution in [0.4, 0.5) is 0 Å². The molecular weight excluding hydrogens is 412 g/mol. The molecule has 0 saturated carbocycles. The lowest BCUT2D eigenvalue weighted by molar-refractivity contribution is -0.134. The Morgan fingerprint density at radius 3 is 2.20 bits per heavy atom. The van der Waals surface area contributed by atoms with E-state index in [1.54, 1.807) is 4.40 Å². The van der Waals surface area contributed by atoms with Crippen LogP contribution >= 0.6 is 0 Å². The first-order valence-corrected chi connectivity index (χ1v) is 10.6. The van der Waals surface area contributed by atoms with Crippen LogP contribution in [-0.2, 0) is 19.2 Å². The number of H-pyrrole nitrogens is 1. The largest absolute Gasteiger partial charge is 0.481 e. The normalized spacial score (nSPS) is 10.3. The number of hydrogen-bond acceptors (Lipinski definition) is 7. The Balaban J connectivity index is 0.000000316. The molecule has 0 aliphatic carbocycles. The first kappa shape index (κ1) is 24.8. The minimum Gasteiger partial charge on any atom is -0.481 e. The van der Waals surface area contributed by atoms with Crippen molar-refractivity contribution in [3.8, 4) is 0 Å². The highest BCUT2D eigenvalue weighted by Crippen LogP contribution is 2.20. The molecule has 2 aromatic carbocycles. The van der Waals surface area contributed by atoms with E-state index < -0.39 is 16.1 Å². The van der Waals surface area contributed by atoms with Crippen LogP contribution in [0.5, 0.6) is 0 Å². The Morgan fingerprint density at radius 1 is 1.13 bits per heavy atom. The van der Waals surface area contributed by atoms with Crippen molar-refractivity contribution in [1.82, 2.24) is 14.4 Å². The number of aliphatic carboxylic acids is 1. The predicted octanol–water partition coefficient (Wildman–Crippen LogP) is 2.28. The zero-order valence-corrected chi connectivity index (χ0v) is 17.8. The molecule has 0 saturated heterocycles. The van der Waals surface area contributed by atoms with Gasteiger partial charge in [-0.1, -0.05) is 38.1 Å². The molecule has 30 heavy (non-hydrogen) atoms. The van der Waals surface area contributed by atoms with Gasteiger partial charge in [0.25, 0.3) is 16.1 Å². The number of carbonyl (C=O) groups is 1. The van der Waals surface area contributed by atoms with Gasteiger partial charge in [0.2, 0.25) is 0 Å². The highest BCUT2D eigenvalue weighted by Gasteiger charge is 2.09. The Hall–Kier alpha value is -3.28. The van der Waals surface area contributed by atoms with Crippen molar-refractivity contribution in [1.29, 1.82) is 0 Å². The molecule has 0 atom stereocenters. The number of aromatic nitrogens is 3. The topological polar surface area (TPSA) is 157 Å². The van der Waals surface area contributed by atoms with E-state index in [-0.39, 0.29) is 5.69 Å². The summed E-state index contributed by atoms with van der Waals surface area (Å²) in [5.41, 5.74) is 3.03. The lowest BCUT2D eigenvalue weighted by Gasteiger charge is -1.99. The van der Waals surface area contributed by atoms with Crippen molar-refractivity contribution in [3.05, 3.63) is 59.0 Å². The van der Waals surface area contributed by atoms with Crippen molar-refractivity contribution < 1.29 is 22.6 Å². The Kier molecular flexibility index (Phi) is 9.12. The summed E-state index contributed by atoms with van der Waals surface area (Å²) in [6.45, 7) is 5.08. The lowest BCUT2D eigenvalue weighted by Crippen LogP contribution is -2.15. The number of hydrogen-bond donors (Lipinski definition) is 3. The van der Waals surface area contributed by atoms with Crippen LogP contribution in [0.25, 0.3) is 27.6 Å². The molecule has 162 valence electrons. The number of carboxylic acid groups (broad SMARTS) is 1. The molecule has 0 amide bonds. The van der Waals surface area contributed by atoms with Crippen LogP contribution in [0, 0.1) is 0 Å². The van der Waals surface area contributed by atoms with Gasteiger partial charge in [-0.15, -0.1) is 0 Å². The Labute approximate surface area is 173 Å². The smallest absolute Gasteiger partial charge is 0.332 e. The summed E-state index contributed by atoms with van der Waals surface area (Å²) in [7, 11) is -3.38. The third-order valence-electron chi connectivity index (χ3n) is 3.35. The molecule has 0 unspecified atom stereocenters. The van der Waals surface area contributed by atoms with Gasteiger partial charge in [0.05, 0.1) is 22.8 Å². The third-order valence-corrected chi connectivity index (χ3v) is 3.70. The highest BCUT2D eigenvalue weighted by molar-refractivity contribution is 7.85. The second-order valence-electron chi connectivity index (χ2n) is 5.55.